The van der Waals surface area contributed by atoms with E-state index in [1.54, 1.807) is 28.5 Å². The van der Waals surface area contributed by atoms with Crippen molar-refractivity contribution in [2.24, 2.45) is 0 Å². The van der Waals surface area contributed by atoms with Gasteiger partial charge in [0.1, 0.15) is 12.6 Å². The fourth-order valence-electron chi connectivity index (χ4n) is 2.47. The molecular weight excluding hydrogens is 324 g/mol. The number of thiazole rings is 1. The Labute approximate surface area is 136 Å². The number of carbonyl (C=O) groups excluding carboxylic acids is 1. The number of benzene rings is 1. The molecule has 22 heavy (non-hydrogen) atoms. The van der Waals surface area contributed by atoms with Crippen LogP contribution in [0.4, 0.5) is 5.69 Å². The molecule has 1 aliphatic rings. The Morgan fingerprint density at radius 2 is 2.27 bits per heavy atom. The minimum atomic E-state index is -0.156. The number of anilines is 1. The van der Waals surface area contributed by atoms with E-state index in [9.17, 15) is 9.59 Å². The number of rotatable bonds is 2. The van der Waals surface area contributed by atoms with Gasteiger partial charge in [0.05, 0.1) is 17.3 Å². The fraction of sp³-hybridized carbons (Fsp3) is 0.333. The predicted octanol–water partition coefficient (Wildman–Crippen LogP) is 2.69. The molecule has 0 fully saturated rings. The van der Waals surface area contributed by atoms with E-state index in [-0.39, 0.29) is 23.4 Å². The number of fused-ring (bicyclic) bond motifs is 1. The van der Waals surface area contributed by atoms with Crippen LogP contribution in [0.25, 0.3) is 0 Å². The monoisotopic (exact) mass is 338 g/mol. The van der Waals surface area contributed by atoms with Crippen molar-refractivity contribution in [3.05, 3.63) is 44.0 Å². The van der Waals surface area contributed by atoms with Gasteiger partial charge in [-0.15, -0.1) is 0 Å². The van der Waals surface area contributed by atoms with Gasteiger partial charge in [0, 0.05) is 11.1 Å². The molecule has 0 spiro atoms. The van der Waals surface area contributed by atoms with E-state index in [0.29, 0.717) is 23.0 Å². The zero-order chi connectivity index (χ0) is 15.9. The van der Waals surface area contributed by atoms with E-state index < -0.39 is 0 Å². The van der Waals surface area contributed by atoms with Crippen LogP contribution in [0.2, 0.25) is 5.02 Å². The molecule has 0 bridgehead atoms. The Balaban J connectivity index is 1.94. The van der Waals surface area contributed by atoms with Crippen LogP contribution in [-0.4, -0.2) is 23.1 Å². The highest BCUT2D eigenvalue weighted by molar-refractivity contribution is 7.07. The van der Waals surface area contributed by atoms with Gasteiger partial charge in [-0.25, -0.2) is 0 Å². The van der Waals surface area contributed by atoms with Crippen molar-refractivity contribution in [3.63, 3.8) is 0 Å². The smallest absolute Gasteiger partial charge is 0.307 e. The quantitative estimate of drug-likeness (QED) is 0.846. The van der Waals surface area contributed by atoms with Crippen LogP contribution in [0.5, 0.6) is 5.75 Å². The molecule has 1 amide bonds. The Hall–Kier alpha value is -1.79. The first kappa shape index (κ1) is 15.1. The lowest BCUT2D eigenvalue weighted by atomic mass is 10.2. The second kappa shape index (κ2) is 5.78. The third-order valence-electron chi connectivity index (χ3n) is 3.57. The van der Waals surface area contributed by atoms with Gasteiger partial charge in [-0.05, 0) is 26.0 Å². The van der Waals surface area contributed by atoms with Crippen molar-refractivity contribution in [1.82, 2.24) is 4.57 Å². The average Bonchev–Trinajstić information content (AvgIpc) is 2.79. The standard InChI is InChI=1S/C15H15ClN2O3S/c1-9-8-22-15(20)17(9)7-13(19)18-6-10(2)21-14-11(16)4-3-5-12(14)18/h3-5,8,10H,6-7H2,1-2H3. The SMILES string of the molecule is Cc1csc(=O)n1CC(=O)N1CC(C)Oc2c(Cl)cccc21. The highest BCUT2D eigenvalue weighted by Crippen LogP contribution is 2.39. The largest absolute Gasteiger partial charge is 0.485 e. The predicted molar refractivity (Wildman–Crippen MR) is 87.2 cm³/mol. The molecule has 116 valence electrons. The molecule has 7 heteroatoms. The van der Waals surface area contributed by atoms with Gasteiger partial charge in [0.15, 0.2) is 5.75 Å². The molecule has 2 aromatic rings. The molecule has 1 aromatic carbocycles. The van der Waals surface area contributed by atoms with E-state index in [1.165, 1.54) is 4.57 Å². The topological polar surface area (TPSA) is 51.5 Å². The number of aromatic nitrogens is 1. The molecule has 0 N–H and O–H groups in total. The van der Waals surface area contributed by atoms with E-state index in [2.05, 4.69) is 0 Å². The minimum Gasteiger partial charge on any atom is -0.485 e. The van der Waals surface area contributed by atoms with Gasteiger partial charge in [0.25, 0.3) is 0 Å². The molecule has 0 saturated heterocycles. The zero-order valence-corrected chi connectivity index (χ0v) is 13.8. The lowest BCUT2D eigenvalue weighted by Crippen LogP contribution is -2.44. The lowest BCUT2D eigenvalue weighted by molar-refractivity contribution is -0.119. The van der Waals surface area contributed by atoms with Crippen molar-refractivity contribution in [1.29, 1.82) is 0 Å². The summed E-state index contributed by atoms with van der Waals surface area (Å²) < 4.78 is 7.22. The summed E-state index contributed by atoms with van der Waals surface area (Å²) in [7, 11) is 0. The summed E-state index contributed by atoms with van der Waals surface area (Å²) in [5.74, 6) is 0.368. The number of hydrogen-bond donors (Lipinski definition) is 0. The second-order valence-electron chi connectivity index (χ2n) is 5.25. The van der Waals surface area contributed by atoms with Crippen molar-refractivity contribution in [3.8, 4) is 5.75 Å². The molecule has 5 nitrogen and oxygen atoms in total. The minimum absolute atomic E-state index is 0.0207. The zero-order valence-electron chi connectivity index (χ0n) is 12.2. The molecule has 1 atom stereocenters. The van der Waals surface area contributed by atoms with Gasteiger partial charge in [-0.1, -0.05) is 29.0 Å². The molecular formula is C15H15ClN2O3S. The van der Waals surface area contributed by atoms with Crippen LogP contribution >= 0.6 is 22.9 Å². The molecule has 1 aromatic heterocycles. The van der Waals surface area contributed by atoms with Crippen LogP contribution in [0.15, 0.2) is 28.4 Å². The highest BCUT2D eigenvalue weighted by atomic mass is 35.5. The number of carbonyl (C=O) groups is 1. The fourth-order valence-corrected chi connectivity index (χ4v) is 3.42. The molecule has 3 rings (SSSR count). The summed E-state index contributed by atoms with van der Waals surface area (Å²) in [5.41, 5.74) is 1.44. The van der Waals surface area contributed by atoms with E-state index in [1.807, 2.05) is 13.8 Å². The van der Waals surface area contributed by atoms with Crippen molar-refractivity contribution < 1.29 is 9.53 Å². The van der Waals surface area contributed by atoms with Crippen LogP contribution in [0, 0.1) is 6.92 Å². The Morgan fingerprint density at radius 1 is 1.50 bits per heavy atom. The van der Waals surface area contributed by atoms with Crippen LogP contribution < -0.4 is 14.5 Å². The molecule has 1 unspecified atom stereocenters. The number of nitrogens with zero attached hydrogens (tertiary/aromatic N) is 2. The number of amides is 1. The third-order valence-corrected chi connectivity index (χ3v) is 4.75. The van der Waals surface area contributed by atoms with Gasteiger partial charge in [-0.2, -0.15) is 0 Å². The summed E-state index contributed by atoms with van der Waals surface area (Å²) in [6.07, 6.45) is -0.156. The van der Waals surface area contributed by atoms with Crippen molar-refractivity contribution in [2.75, 3.05) is 11.4 Å². The maximum Gasteiger partial charge on any atom is 0.307 e. The number of para-hydroxylation sites is 1. The van der Waals surface area contributed by atoms with Crippen molar-refractivity contribution >= 4 is 34.5 Å². The van der Waals surface area contributed by atoms with E-state index in [4.69, 9.17) is 16.3 Å². The Bertz CT molecular complexity index is 783. The molecule has 1 aliphatic heterocycles. The molecule has 0 aliphatic carbocycles. The van der Waals surface area contributed by atoms with Gasteiger partial charge in [-0.3, -0.25) is 14.2 Å². The van der Waals surface area contributed by atoms with Gasteiger partial charge < -0.3 is 9.64 Å². The van der Waals surface area contributed by atoms with E-state index in [0.717, 1.165) is 17.0 Å². The van der Waals surface area contributed by atoms with Crippen molar-refractivity contribution in [2.45, 2.75) is 26.5 Å². The van der Waals surface area contributed by atoms with E-state index >= 15 is 0 Å². The number of hydrogen-bond acceptors (Lipinski definition) is 4. The summed E-state index contributed by atoms with van der Waals surface area (Å²) in [6, 6.07) is 5.31. The second-order valence-corrected chi connectivity index (χ2v) is 6.48. The van der Waals surface area contributed by atoms with Crippen LogP contribution in [-0.2, 0) is 11.3 Å². The third kappa shape index (κ3) is 2.64. The summed E-state index contributed by atoms with van der Waals surface area (Å²) >= 11 is 7.25. The van der Waals surface area contributed by atoms with Crippen LogP contribution in [0.1, 0.15) is 12.6 Å². The summed E-state index contributed by atoms with van der Waals surface area (Å²) in [4.78, 5) is 26.0. The van der Waals surface area contributed by atoms with Crippen LogP contribution in [0.3, 0.4) is 0 Å². The maximum absolute atomic E-state index is 12.7. The van der Waals surface area contributed by atoms with Gasteiger partial charge >= 0.3 is 4.87 Å². The van der Waals surface area contributed by atoms with Gasteiger partial charge in [0.2, 0.25) is 5.91 Å². The lowest BCUT2D eigenvalue weighted by Gasteiger charge is -2.34. The highest BCUT2D eigenvalue weighted by Gasteiger charge is 2.29. The first-order chi connectivity index (χ1) is 10.5. The maximum atomic E-state index is 12.7. The average molecular weight is 339 g/mol. The first-order valence-electron chi connectivity index (χ1n) is 6.88. The Morgan fingerprint density at radius 3 is 2.95 bits per heavy atom. The number of aryl methyl sites for hydroxylation is 1. The first-order valence-corrected chi connectivity index (χ1v) is 8.13. The molecule has 0 radical (unpaired) electrons. The number of halogens is 1. The summed E-state index contributed by atoms with van der Waals surface area (Å²) in [6.45, 7) is 4.16. The number of ether oxygens (including phenoxy) is 1. The normalized spacial score (nSPS) is 17.0. The molecule has 0 saturated carbocycles. The Kier molecular flexibility index (Phi) is 3.97. The molecule has 2 heterocycles. The summed E-state index contributed by atoms with van der Waals surface area (Å²) in [5, 5.41) is 2.23.